The lowest BCUT2D eigenvalue weighted by molar-refractivity contribution is 0.0951. The lowest BCUT2D eigenvalue weighted by atomic mass is 9.87. The molecule has 4 heteroatoms. The Morgan fingerprint density at radius 1 is 0.964 bits per heavy atom. The second-order valence-electron chi connectivity index (χ2n) is 8.91. The molecule has 0 unspecified atom stereocenters. The molecule has 0 saturated carbocycles. The number of amides is 1. The van der Waals surface area contributed by atoms with Crippen molar-refractivity contribution in [2.24, 2.45) is 0 Å². The third kappa shape index (κ3) is 5.66. The highest BCUT2D eigenvalue weighted by Gasteiger charge is 2.15. The monoisotopic (exact) mass is 379 g/mol. The average molecular weight is 380 g/mol. The van der Waals surface area contributed by atoms with Crippen LogP contribution < -0.4 is 5.32 Å². The average Bonchev–Trinajstić information content (AvgIpc) is 2.68. The number of benzene rings is 2. The number of likely N-dealkylation sites (N-methyl/N-ethyl adjacent to an activating group) is 1. The number of hydrogen-bond acceptors (Lipinski definition) is 3. The van der Waals surface area contributed by atoms with Gasteiger partial charge in [-0.05, 0) is 41.3 Å². The largest absolute Gasteiger partial charge is 0.348 e. The van der Waals surface area contributed by atoms with Gasteiger partial charge in [0.2, 0.25) is 0 Å². The normalized spacial score (nSPS) is 16.1. The second kappa shape index (κ2) is 8.89. The second-order valence-corrected chi connectivity index (χ2v) is 8.91. The Labute approximate surface area is 169 Å². The van der Waals surface area contributed by atoms with E-state index in [9.17, 15) is 4.79 Å². The van der Waals surface area contributed by atoms with Gasteiger partial charge in [-0.1, -0.05) is 57.2 Å². The smallest absolute Gasteiger partial charge is 0.251 e. The molecule has 2 aromatic carbocycles. The first-order chi connectivity index (χ1) is 13.3. The van der Waals surface area contributed by atoms with E-state index < -0.39 is 0 Å². The highest BCUT2D eigenvalue weighted by Crippen LogP contribution is 2.22. The number of nitrogens with one attached hydrogen (secondary N) is 1. The van der Waals surface area contributed by atoms with E-state index in [1.165, 1.54) is 11.1 Å². The predicted octanol–water partition coefficient (Wildman–Crippen LogP) is 3.66. The van der Waals surface area contributed by atoms with Gasteiger partial charge in [0.25, 0.3) is 5.91 Å². The molecule has 1 saturated heterocycles. The Morgan fingerprint density at radius 3 is 2.25 bits per heavy atom. The van der Waals surface area contributed by atoms with Gasteiger partial charge in [0.05, 0.1) is 0 Å². The molecule has 1 fully saturated rings. The fraction of sp³-hybridized carbons (Fsp3) is 0.458. The summed E-state index contributed by atoms with van der Waals surface area (Å²) in [6.45, 7) is 12.5. The molecule has 0 radical (unpaired) electrons. The molecule has 1 amide bonds. The van der Waals surface area contributed by atoms with Crippen LogP contribution in [-0.4, -0.2) is 48.9 Å². The van der Waals surface area contributed by atoms with E-state index in [1.54, 1.807) is 0 Å². The molecule has 28 heavy (non-hydrogen) atoms. The van der Waals surface area contributed by atoms with Crippen LogP contribution in [0.5, 0.6) is 0 Å². The van der Waals surface area contributed by atoms with Crippen molar-refractivity contribution in [3.63, 3.8) is 0 Å². The summed E-state index contributed by atoms with van der Waals surface area (Å²) >= 11 is 0. The van der Waals surface area contributed by atoms with E-state index in [0.717, 1.165) is 38.3 Å². The fourth-order valence-corrected chi connectivity index (χ4v) is 3.51. The Bertz CT molecular complexity index is 784. The Kier molecular flexibility index (Phi) is 6.53. The zero-order valence-electron chi connectivity index (χ0n) is 17.7. The zero-order valence-corrected chi connectivity index (χ0v) is 17.7. The van der Waals surface area contributed by atoms with Gasteiger partial charge in [0, 0.05) is 44.8 Å². The molecule has 3 rings (SSSR count). The quantitative estimate of drug-likeness (QED) is 0.861. The van der Waals surface area contributed by atoms with Gasteiger partial charge in [-0.2, -0.15) is 0 Å². The Balaban J connectivity index is 1.55. The van der Waals surface area contributed by atoms with E-state index >= 15 is 0 Å². The van der Waals surface area contributed by atoms with Crippen LogP contribution in [0.1, 0.15) is 47.8 Å². The number of piperazine rings is 1. The van der Waals surface area contributed by atoms with Crippen LogP contribution >= 0.6 is 0 Å². The number of carbonyl (C=O) groups is 1. The Hall–Kier alpha value is -2.17. The summed E-state index contributed by atoms with van der Waals surface area (Å²) in [6.07, 6.45) is 0. The van der Waals surface area contributed by atoms with Gasteiger partial charge in [0.1, 0.15) is 0 Å². The molecule has 4 nitrogen and oxygen atoms in total. The van der Waals surface area contributed by atoms with E-state index in [4.69, 9.17) is 0 Å². The van der Waals surface area contributed by atoms with E-state index in [2.05, 4.69) is 67.2 Å². The van der Waals surface area contributed by atoms with Crippen molar-refractivity contribution >= 4 is 5.91 Å². The minimum atomic E-state index is -0.0232. The lowest BCUT2D eigenvalue weighted by Gasteiger charge is -2.32. The molecule has 0 atom stereocenters. The summed E-state index contributed by atoms with van der Waals surface area (Å²) in [5.41, 5.74) is 4.50. The first kappa shape index (κ1) is 20.6. The van der Waals surface area contributed by atoms with Gasteiger partial charge in [-0.25, -0.2) is 0 Å². The number of carbonyl (C=O) groups excluding carboxylic acids is 1. The standard InChI is InChI=1S/C24H33N3O/c1-24(2,3)22-10-8-21(9-11-22)23(28)25-17-19-6-5-7-20(16-19)18-27-14-12-26(4)13-15-27/h5-11,16H,12-15,17-18H2,1-4H3,(H,25,28). The number of rotatable bonds is 5. The van der Waals surface area contributed by atoms with E-state index in [0.29, 0.717) is 12.1 Å². The van der Waals surface area contributed by atoms with Crippen molar-refractivity contribution in [1.82, 2.24) is 15.1 Å². The molecule has 1 aliphatic rings. The SMILES string of the molecule is CN1CCN(Cc2cccc(CNC(=O)c3ccc(C(C)(C)C)cc3)c2)CC1. The van der Waals surface area contributed by atoms with Crippen molar-refractivity contribution in [3.05, 3.63) is 70.8 Å². The van der Waals surface area contributed by atoms with Crippen molar-refractivity contribution in [3.8, 4) is 0 Å². The zero-order chi connectivity index (χ0) is 20.1. The first-order valence-electron chi connectivity index (χ1n) is 10.2. The summed E-state index contributed by atoms with van der Waals surface area (Å²) in [5, 5.41) is 3.05. The van der Waals surface area contributed by atoms with E-state index in [1.807, 2.05) is 24.3 Å². The molecule has 1 N–H and O–H groups in total. The summed E-state index contributed by atoms with van der Waals surface area (Å²) in [5.74, 6) is -0.0232. The molecule has 0 aliphatic carbocycles. The molecule has 150 valence electrons. The summed E-state index contributed by atoms with van der Waals surface area (Å²) in [4.78, 5) is 17.4. The van der Waals surface area contributed by atoms with Crippen LogP contribution in [0.3, 0.4) is 0 Å². The molecule has 1 aliphatic heterocycles. The molecular formula is C24H33N3O. The topological polar surface area (TPSA) is 35.6 Å². The maximum atomic E-state index is 12.5. The summed E-state index contributed by atoms with van der Waals surface area (Å²) < 4.78 is 0. The molecule has 0 bridgehead atoms. The summed E-state index contributed by atoms with van der Waals surface area (Å²) in [7, 11) is 2.18. The minimum Gasteiger partial charge on any atom is -0.348 e. The third-order valence-corrected chi connectivity index (χ3v) is 5.46. The van der Waals surface area contributed by atoms with Crippen molar-refractivity contribution in [2.45, 2.75) is 39.3 Å². The van der Waals surface area contributed by atoms with Gasteiger partial charge < -0.3 is 10.2 Å². The van der Waals surface area contributed by atoms with Crippen molar-refractivity contribution in [1.29, 1.82) is 0 Å². The maximum Gasteiger partial charge on any atom is 0.251 e. The molecular weight excluding hydrogens is 346 g/mol. The van der Waals surface area contributed by atoms with Gasteiger partial charge in [-0.15, -0.1) is 0 Å². The maximum absolute atomic E-state index is 12.5. The van der Waals surface area contributed by atoms with Crippen LogP contribution in [0.2, 0.25) is 0 Å². The number of nitrogens with zero attached hydrogens (tertiary/aromatic N) is 2. The van der Waals surface area contributed by atoms with Crippen molar-refractivity contribution < 1.29 is 4.79 Å². The van der Waals surface area contributed by atoms with Gasteiger partial charge in [0.15, 0.2) is 0 Å². The van der Waals surface area contributed by atoms with Crippen LogP contribution in [0.15, 0.2) is 48.5 Å². The Morgan fingerprint density at radius 2 is 1.61 bits per heavy atom. The predicted molar refractivity (Wildman–Crippen MR) is 116 cm³/mol. The van der Waals surface area contributed by atoms with Gasteiger partial charge >= 0.3 is 0 Å². The molecule has 0 spiro atoms. The fourth-order valence-electron chi connectivity index (χ4n) is 3.51. The molecule has 1 heterocycles. The van der Waals surface area contributed by atoms with Crippen LogP contribution in [-0.2, 0) is 18.5 Å². The highest BCUT2D eigenvalue weighted by molar-refractivity contribution is 5.94. The molecule has 2 aromatic rings. The van der Waals surface area contributed by atoms with Gasteiger partial charge in [-0.3, -0.25) is 9.69 Å². The number of hydrogen-bond donors (Lipinski definition) is 1. The third-order valence-electron chi connectivity index (χ3n) is 5.46. The minimum absolute atomic E-state index is 0.0232. The lowest BCUT2D eigenvalue weighted by Crippen LogP contribution is -2.43. The van der Waals surface area contributed by atoms with Crippen LogP contribution in [0.25, 0.3) is 0 Å². The molecule has 0 aromatic heterocycles. The summed E-state index contributed by atoms with van der Waals surface area (Å²) in [6, 6.07) is 16.5. The van der Waals surface area contributed by atoms with Crippen molar-refractivity contribution in [2.75, 3.05) is 33.2 Å². The van der Waals surface area contributed by atoms with E-state index in [-0.39, 0.29) is 11.3 Å². The highest BCUT2D eigenvalue weighted by atomic mass is 16.1. The van der Waals surface area contributed by atoms with Crippen LogP contribution in [0.4, 0.5) is 0 Å². The van der Waals surface area contributed by atoms with Crippen LogP contribution in [0, 0.1) is 0 Å². The first-order valence-corrected chi connectivity index (χ1v) is 10.2.